The van der Waals surface area contributed by atoms with Crippen LogP contribution in [0, 0.1) is 5.41 Å². The van der Waals surface area contributed by atoms with E-state index in [0.29, 0.717) is 0 Å². The Hall–Kier alpha value is -0.0500. The number of carbonyl (C=O) groups excluding carboxylic acids is 1. The molecule has 0 saturated heterocycles. The molecule has 1 N–H and O–H groups in total. The van der Waals surface area contributed by atoms with Crippen LogP contribution in [0.15, 0.2) is 0 Å². The number of amides is 1. The van der Waals surface area contributed by atoms with Crippen LogP contribution in [0.25, 0.3) is 0 Å². The predicted molar refractivity (Wildman–Crippen MR) is 55.5 cm³/mol. The van der Waals surface area contributed by atoms with Gasteiger partial charge < -0.3 is 5.32 Å². The molecule has 0 spiro atoms. The number of hydrogen-bond donors (Lipinski definition) is 1. The molecular weight excluding hydrogens is 218 g/mol. The first-order valence-electron chi connectivity index (χ1n) is 4.31. The van der Waals surface area contributed by atoms with E-state index < -0.39 is 0 Å². The normalized spacial score (nSPS) is 14.1. The summed E-state index contributed by atoms with van der Waals surface area (Å²) in [6.45, 7) is 7.93. The second-order valence-corrected chi connectivity index (χ2v) is 4.41. The highest BCUT2D eigenvalue weighted by atomic mass is 79.9. The molecule has 12 heavy (non-hydrogen) atoms. The number of carbonyl (C=O) groups is 1. The van der Waals surface area contributed by atoms with E-state index in [9.17, 15) is 4.79 Å². The van der Waals surface area contributed by atoms with Crippen molar-refractivity contribution in [2.24, 2.45) is 5.41 Å². The van der Waals surface area contributed by atoms with Gasteiger partial charge in [-0.1, -0.05) is 36.7 Å². The van der Waals surface area contributed by atoms with Gasteiger partial charge >= 0.3 is 0 Å². The Labute approximate surface area is 83.2 Å². The van der Waals surface area contributed by atoms with Crippen molar-refractivity contribution in [3.05, 3.63) is 0 Å². The zero-order valence-corrected chi connectivity index (χ0v) is 9.86. The van der Waals surface area contributed by atoms with Crippen LogP contribution >= 0.6 is 15.9 Å². The maximum atomic E-state index is 11.5. The van der Waals surface area contributed by atoms with Gasteiger partial charge in [-0.05, 0) is 13.3 Å². The molecule has 0 heterocycles. The third-order valence-corrected chi connectivity index (χ3v) is 3.08. The first kappa shape index (κ1) is 11.9. The Kier molecular flexibility index (Phi) is 4.83. The molecule has 1 amide bonds. The van der Waals surface area contributed by atoms with E-state index in [1.54, 1.807) is 0 Å². The van der Waals surface area contributed by atoms with Gasteiger partial charge in [0.2, 0.25) is 5.91 Å². The molecule has 0 aromatic heterocycles. The fourth-order valence-corrected chi connectivity index (χ4v) is 0.780. The van der Waals surface area contributed by atoms with Gasteiger partial charge in [0.05, 0.1) is 0 Å². The van der Waals surface area contributed by atoms with Crippen LogP contribution in [0.1, 0.15) is 34.1 Å². The Morgan fingerprint density at radius 3 is 2.42 bits per heavy atom. The summed E-state index contributed by atoms with van der Waals surface area (Å²) in [4.78, 5) is 11.5. The van der Waals surface area contributed by atoms with E-state index in [-0.39, 0.29) is 17.4 Å². The van der Waals surface area contributed by atoms with E-state index in [2.05, 4.69) is 21.2 Å². The number of alkyl halides is 1. The summed E-state index contributed by atoms with van der Waals surface area (Å²) in [7, 11) is 0. The molecule has 0 fully saturated rings. The van der Waals surface area contributed by atoms with Crippen molar-refractivity contribution in [2.45, 2.75) is 40.2 Å². The highest BCUT2D eigenvalue weighted by molar-refractivity contribution is 9.09. The van der Waals surface area contributed by atoms with Crippen LogP contribution in [0.3, 0.4) is 0 Å². The molecule has 0 radical (unpaired) electrons. The first-order valence-corrected chi connectivity index (χ1v) is 5.43. The van der Waals surface area contributed by atoms with Gasteiger partial charge in [-0.2, -0.15) is 0 Å². The minimum Gasteiger partial charge on any atom is -0.352 e. The molecule has 0 saturated carbocycles. The van der Waals surface area contributed by atoms with Gasteiger partial charge in [0.25, 0.3) is 0 Å². The summed E-state index contributed by atoms with van der Waals surface area (Å²) >= 11 is 3.32. The average molecular weight is 236 g/mol. The Morgan fingerprint density at radius 1 is 1.58 bits per heavy atom. The first-order chi connectivity index (χ1) is 5.44. The minimum absolute atomic E-state index is 0.136. The maximum Gasteiger partial charge on any atom is 0.225 e. The number of rotatable bonds is 4. The molecule has 1 atom stereocenters. The molecule has 2 nitrogen and oxygen atoms in total. The molecule has 0 bridgehead atoms. The second kappa shape index (κ2) is 4.85. The van der Waals surface area contributed by atoms with E-state index in [4.69, 9.17) is 0 Å². The fraction of sp³-hybridized carbons (Fsp3) is 0.889. The van der Waals surface area contributed by atoms with Gasteiger partial charge in [0.1, 0.15) is 0 Å². The zero-order chi connectivity index (χ0) is 9.78. The third kappa shape index (κ3) is 3.57. The van der Waals surface area contributed by atoms with E-state index in [0.717, 1.165) is 11.8 Å². The largest absolute Gasteiger partial charge is 0.352 e. The van der Waals surface area contributed by atoms with Crippen LogP contribution in [-0.2, 0) is 4.79 Å². The highest BCUT2D eigenvalue weighted by Crippen LogP contribution is 2.19. The lowest BCUT2D eigenvalue weighted by atomic mass is 9.89. The Balaban J connectivity index is 4.03. The lowest BCUT2D eigenvalue weighted by Crippen LogP contribution is -2.42. The van der Waals surface area contributed by atoms with E-state index in [1.165, 1.54) is 0 Å². The Bertz CT molecular complexity index is 157. The molecule has 0 aromatic rings. The summed E-state index contributed by atoms with van der Waals surface area (Å²) < 4.78 is 0. The van der Waals surface area contributed by atoms with Crippen molar-refractivity contribution < 1.29 is 4.79 Å². The van der Waals surface area contributed by atoms with Crippen LogP contribution < -0.4 is 5.32 Å². The van der Waals surface area contributed by atoms with Gasteiger partial charge in [0.15, 0.2) is 0 Å². The summed E-state index contributed by atoms with van der Waals surface area (Å²) in [5.41, 5.74) is -0.240. The number of hydrogen-bond acceptors (Lipinski definition) is 1. The summed E-state index contributed by atoms with van der Waals surface area (Å²) in [6, 6.07) is 0.211. The monoisotopic (exact) mass is 235 g/mol. The molecule has 0 aliphatic heterocycles. The third-order valence-electron chi connectivity index (χ3n) is 2.11. The standard InChI is InChI=1S/C9H18BrNO/c1-5-9(3,4)8(12)11-7(2)6-10/h7H,5-6H2,1-4H3,(H,11,12). The Morgan fingerprint density at radius 2 is 2.08 bits per heavy atom. The SMILES string of the molecule is CCC(C)(C)C(=O)NC(C)CBr. The van der Waals surface area contributed by atoms with Crippen LogP contribution in [0.5, 0.6) is 0 Å². The van der Waals surface area contributed by atoms with Crippen molar-refractivity contribution in [3.8, 4) is 0 Å². The smallest absolute Gasteiger partial charge is 0.225 e. The quantitative estimate of drug-likeness (QED) is 0.745. The highest BCUT2D eigenvalue weighted by Gasteiger charge is 2.25. The molecule has 3 heteroatoms. The van der Waals surface area contributed by atoms with Crippen LogP contribution in [-0.4, -0.2) is 17.3 Å². The summed E-state index contributed by atoms with van der Waals surface area (Å²) in [6.07, 6.45) is 0.869. The molecule has 0 aliphatic rings. The van der Waals surface area contributed by atoms with Crippen molar-refractivity contribution in [3.63, 3.8) is 0 Å². The molecule has 0 aromatic carbocycles. The summed E-state index contributed by atoms with van der Waals surface area (Å²) in [5.74, 6) is 0.136. The predicted octanol–water partition coefficient (Wildman–Crippen LogP) is 2.32. The minimum atomic E-state index is -0.240. The molecular formula is C9H18BrNO. The molecule has 1 unspecified atom stereocenters. The second-order valence-electron chi connectivity index (χ2n) is 3.77. The van der Waals surface area contributed by atoms with Gasteiger partial charge in [-0.25, -0.2) is 0 Å². The van der Waals surface area contributed by atoms with Crippen LogP contribution in [0.4, 0.5) is 0 Å². The zero-order valence-electron chi connectivity index (χ0n) is 8.28. The molecule has 72 valence electrons. The molecule has 0 rings (SSSR count). The fourth-order valence-electron chi connectivity index (χ4n) is 0.618. The molecule has 0 aliphatic carbocycles. The van der Waals surface area contributed by atoms with Crippen molar-refractivity contribution in [1.82, 2.24) is 5.32 Å². The van der Waals surface area contributed by atoms with E-state index >= 15 is 0 Å². The van der Waals surface area contributed by atoms with Gasteiger partial charge in [0, 0.05) is 16.8 Å². The summed E-state index contributed by atoms with van der Waals surface area (Å²) in [5, 5.41) is 3.74. The average Bonchev–Trinajstić information content (AvgIpc) is 2.04. The maximum absolute atomic E-state index is 11.5. The number of nitrogens with one attached hydrogen (secondary N) is 1. The van der Waals surface area contributed by atoms with Crippen LogP contribution in [0.2, 0.25) is 0 Å². The van der Waals surface area contributed by atoms with Gasteiger partial charge in [-0.15, -0.1) is 0 Å². The lowest BCUT2D eigenvalue weighted by Gasteiger charge is -2.23. The topological polar surface area (TPSA) is 29.1 Å². The number of halogens is 1. The lowest BCUT2D eigenvalue weighted by molar-refractivity contribution is -0.129. The van der Waals surface area contributed by atoms with E-state index in [1.807, 2.05) is 27.7 Å². The van der Waals surface area contributed by atoms with Crippen molar-refractivity contribution in [2.75, 3.05) is 5.33 Å². The van der Waals surface area contributed by atoms with Crippen molar-refractivity contribution >= 4 is 21.8 Å². The van der Waals surface area contributed by atoms with Gasteiger partial charge in [-0.3, -0.25) is 4.79 Å². The van der Waals surface area contributed by atoms with Crippen molar-refractivity contribution in [1.29, 1.82) is 0 Å².